The topological polar surface area (TPSA) is 16.6 Å². The largest absolute Gasteiger partial charge is 0.194 e. The van der Waals surface area contributed by atoms with Crippen LogP contribution in [0.5, 0.6) is 0 Å². The highest BCUT2D eigenvalue weighted by Crippen LogP contribution is 1.01. The van der Waals surface area contributed by atoms with Crippen molar-refractivity contribution in [3.05, 3.63) is 0 Å². The fourth-order valence-corrected chi connectivity index (χ4v) is 0.0481. The van der Waals surface area contributed by atoms with Crippen LogP contribution >= 0.6 is 0 Å². The van der Waals surface area contributed by atoms with Crippen molar-refractivity contribution >= 4 is 0 Å². The molecule has 2 N–H and O–H groups in total. The van der Waals surface area contributed by atoms with E-state index in [1.54, 1.807) is 0 Å². The van der Waals surface area contributed by atoms with Gasteiger partial charge < -0.3 is 0 Å². The van der Waals surface area contributed by atoms with Gasteiger partial charge in [-0.3, -0.25) is 0 Å². The van der Waals surface area contributed by atoms with Crippen molar-refractivity contribution < 1.29 is 5.32 Å². The Balaban J connectivity index is 2.86. The third-order valence-corrected chi connectivity index (χ3v) is 0.167. The molecule has 0 bridgehead atoms. The van der Waals surface area contributed by atoms with Gasteiger partial charge in [0.1, 0.15) is 12.1 Å². The van der Waals surface area contributed by atoms with Crippen molar-refractivity contribution in [1.29, 1.82) is 0 Å². The Kier molecular flexibility index (Phi) is 2.51. The summed E-state index contributed by atoms with van der Waals surface area (Å²) in [4.78, 5) is 0. The SMILES string of the molecule is C#C[NH2+]C#C. The normalized spacial score (nSPS) is 4.40. The molecule has 0 aromatic rings. The van der Waals surface area contributed by atoms with E-state index in [9.17, 15) is 0 Å². The van der Waals surface area contributed by atoms with Gasteiger partial charge >= 0.3 is 0 Å². The maximum Gasteiger partial charge on any atom is 0.144 e. The minimum atomic E-state index is 1.31. The zero-order chi connectivity index (χ0) is 4.12. The number of quaternary nitrogens is 1. The quantitative estimate of drug-likeness (QED) is 0.340. The second kappa shape index (κ2) is 3.08. The minimum absolute atomic E-state index is 1.31. The van der Waals surface area contributed by atoms with Crippen LogP contribution in [0.2, 0.25) is 0 Å². The maximum absolute atomic E-state index is 4.69. The van der Waals surface area contributed by atoms with Crippen LogP contribution in [-0.4, -0.2) is 0 Å². The van der Waals surface area contributed by atoms with Crippen molar-refractivity contribution in [2.75, 3.05) is 0 Å². The highest BCUT2D eigenvalue weighted by atomic mass is 14.8. The van der Waals surface area contributed by atoms with E-state index in [1.807, 2.05) is 0 Å². The van der Waals surface area contributed by atoms with Crippen molar-refractivity contribution in [3.63, 3.8) is 0 Å². The maximum atomic E-state index is 4.69. The molecular formula is C4H4N+. The summed E-state index contributed by atoms with van der Waals surface area (Å²) in [7, 11) is 0. The molecule has 24 valence electrons. The summed E-state index contributed by atoms with van der Waals surface area (Å²) in [6, 6.07) is 4.31. The monoisotopic (exact) mass is 66.0 g/mol. The van der Waals surface area contributed by atoms with Gasteiger partial charge in [-0.2, -0.15) is 5.32 Å². The third-order valence-electron chi connectivity index (χ3n) is 0.167. The molecule has 1 heteroatoms. The Labute approximate surface area is 31.4 Å². The third kappa shape index (κ3) is 3.08. The minimum Gasteiger partial charge on any atom is -0.194 e. The summed E-state index contributed by atoms with van der Waals surface area (Å²) in [6.45, 7) is 0. The van der Waals surface area contributed by atoms with Crippen molar-refractivity contribution in [2.45, 2.75) is 0 Å². The van der Waals surface area contributed by atoms with E-state index in [0.29, 0.717) is 0 Å². The first-order valence-corrected chi connectivity index (χ1v) is 1.15. The van der Waals surface area contributed by atoms with Gasteiger partial charge in [0.25, 0.3) is 0 Å². The summed E-state index contributed by atoms with van der Waals surface area (Å²) in [5, 5.41) is 1.31. The number of hydrogen-bond acceptors (Lipinski definition) is 0. The van der Waals surface area contributed by atoms with Gasteiger partial charge in [0.2, 0.25) is 0 Å². The molecule has 0 aromatic heterocycles. The van der Waals surface area contributed by atoms with Crippen LogP contribution in [0, 0.1) is 24.9 Å². The summed E-state index contributed by atoms with van der Waals surface area (Å²) in [6.07, 6.45) is 9.38. The Morgan fingerprint density at radius 2 is 1.60 bits per heavy atom. The second-order valence-corrected chi connectivity index (χ2v) is 0.478. The predicted molar refractivity (Wildman–Crippen MR) is 19.6 cm³/mol. The van der Waals surface area contributed by atoms with E-state index >= 15 is 0 Å². The summed E-state index contributed by atoms with van der Waals surface area (Å²) >= 11 is 0. The summed E-state index contributed by atoms with van der Waals surface area (Å²) < 4.78 is 0. The van der Waals surface area contributed by atoms with E-state index in [1.165, 1.54) is 5.32 Å². The highest BCUT2D eigenvalue weighted by Gasteiger charge is 1.52. The van der Waals surface area contributed by atoms with E-state index in [0.717, 1.165) is 0 Å². The molecule has 0 radical (unpaired) electrons. The van der Waals surface area contributed by atoms with Crippen LogP contribution in [0.1, 0.15) is 0 Å². The van der Waals surface area contributed by atoms with E-state index < -0.39 is 0 Å². The number of rotatable bonds is 0. The van der Waals surface area contributed by atoms with Gasteiger partial charge in [-0.25, -0.2) is 0 Å². The van der Waals surface area contributed by atoms with E-state index in [2.05, 4.69) is 12.1 Å². The molecule has 0 atom stereocenters. The Morgan fingerprint density at radius 3 is 1.60 bits per heavy atom. The van der Waals surface area contributed by atoms with Gasteiger partial charge in [0.05, 0.1) is 0 Å². The van der Waals surface area contributed by atoms with Crippen LogP contribution in [0.3, 0.4) is 0 Å². The molecule has 0 aliphatic heterocycles. The molecule has 0 aromatic carbocycles. The van der Waals surface area contributed by atoms with E-state index in [-0.39, 0.29) is 0 Å². The fraction of sp³-hybridized carbons (Fsp3) is 0. The first kappa shape index (κ1) is 4.08. The summed E-state index contributed by atoms with van der Waals surface area (Å²) in [5.74, 6) is 0. The van der Waals surface area contributed by atoms with Crippen molar-refractivity contribution in [1.82, 2.24) is 0 Å². The molecule has 0 amide bonds. The van der Waals surface area contributed by atoms with Gasteiger partial charge in [0, 0.05) is 0 Å². The molecular weight excluding hydrogens is 62.1 g/mol. The molecule has 0 saturated carbocycles. The van der Waals surface area contributed by atoms with Crippen molar-refractivity contribution in [3.8, 4) is 24.9 Å². The van der Waals surface area contributed by atoms with Gasteiger partial charge in [0.15, 0.2) is 0 Å². The molecule has 0 rings (SSSR count). The van der Waals surface area contributed by atoms with E-state index in [4.69, 9.17) is 12.8 Å². The summed E-state index contributed by atoms with van der Waals surface area (Å²) in [5.41, 5.74) is 0. The molecule has 0 heterocycles. The lowest BCUT2D eigenvalue weighted by Gasteiger charge is -1.55. The smallest absolute Gasteiger partial charge is 0.144 e. The molecule has 0 unspecified atom stereocenters. The number of hydrogen-bond donors (Lipinski definition) is 1. The molecule has 0 aliphatic rings. The Morgan fingerprint density at radius 1 is 1.20 bits per heavy atom. The molecule has 0 aliphatic carbocycles. The van der Waals surface area contributed by atoms with Gasteiger partial charge in [-0.05, 0) is 0 Å². The second-order valence-electron chi connectivity index (χ2n) is 0.478. The van der Waals surface area contributed by atoms with Gasteiger partial charge in [-0.15, -0.1) is 0 Å². The Hall–Kier alpha value is -0.920. The van der Waals surface area contributed by atoms with Gasteiger partial charge in [-0.1, -0.05) is 12.8 Å². The predicted octanol–water partition coefficient (Wildman–Crippen LogP) is -1.27. The lowest BCUT2D eigenvalue weighted by atomic mass is 11.0. The van der Waals surface area contributed by atoms with Crippen LogP contribution in [0.15, 0.2) is 0 Å². The highest BCUT2D eigenvalue weighted by molar-refractivity contribution is 4.72. The van der Waals surface area contributed by atoms with Crippen LogP contribution < -0.4 is 5.32 Å². The average molecular weight is 66.1 g/mol. The molecule has 5 heavy (non-hydrogen) atoms. The molecule has 0 spiro atoms. The zero-order valence-corrected chi connectivity index (χ0v) is 2.73. The van der Waals surface area contributed by atoms with Crippen LogP contribution in [0.4, 0.5) is 0 Å². The lowest BCUT2D eigenvalue weighted by molar-refractivity contribution is -0.467. The lowest BCUT2D eigenvalue weighted by Crippen LogP contribution is -2.72. The number of terminal acetylenes is 2. The molecule has 0 fully saturated rings. The van der Waals surface area contributed by atoms with Crippen LogP contribution in [-0.2, 0) is 0 Å². The zero-order valence-electron chi connectivity index (χ0n) is 2.73. The fourth-order valence-electron chi connectivity index (χ4n) is 0.0481. The average Bonchev–Trinajstić information content (AvgIpc) is 1.41. The standard InChI is InChI=1S/C4H3N/c1-3-5-4-2/h1-2,5H/p+1. The van der Waals surface area contributed by atoms with Crippen LogP contribution in [0.25, 0.3) is 0 Å². The first-order chi connectivity index (χ1) is 2.41. The molecule has 1 nitrogen and oxygen atoms in total. The van der Waals surface area contributed by atoms with Crippen molar-refractivity contribution in [2.24, 2.45) is 0 Å². The molecule has 0 saturated heterocycles. The Bertz CT molecular complexity index is 68.8. The number of nitrogens with two attached hydrogens (primary N) is 1. The first-order valence-electron chi connectivity index (χ1n) is 1.15.